The third kappa shape index (κ3) is 3.98. The topological polar surface area (TPSA) is 34.0 Å². The number of carbonyl (C=O) groups is 1. The quantitative estimate of drug-likeness (QED) is 0.846. The number of fused-ring (bicyclic) bond motifs is 1. The molecule has 0 atom stereocenters. The van der Waals surface area contributed by atoms with Crippen molar-refractivity contribution in [1.29, 1.82) is 0 Å². The van der Waals surface area contributed by atoms with E-state index in [1.54, 1.807) is 12.0 Å². The lowest BCUT2D eigenvalue weighted by molar-refractivity contribution is -0.885. The molecule has 0 saturated carbocycles. The molecule has 3 rings (SSSR count). The van der Waals surface area contributed by atoms with E-state index in [0.717, 1.165) is 52.5 Å². The van der Waals surface area contributed by atoms with E-state index in [1.165, 1.54) is 0 Å². The van der Waals surface area contributed by atoms with E-state index in [-0.39, 0.29) is 5.91 Å². The predicted molar refractivity (Wildman–Crippen MR) is 104 cm³/mol. The molecule has 0 aromatic heterocycles. The standard InChI is InChI=1S/C20H25BrN2O2/c1-22-10-8-16(9-11-22)23(2)20(24)13-18-17-6-5-15(21)12-14(17)4-7-19(18)25-3/h4-7,12,16H,8-11,13H2,1-3H3/p+1. The zero-order valence-corrected chi connectivity index (χ0v) is 16.7. The Balaban J connectivity index is 1.85. The van der Waals surface area contributed by atoms with Gasteiger partial charge in [-0.1, -0.05) is 28.1 Å². The van der Waals surface area contributed by atoms with Crippen molar-refractivity contribution in [1.82, 2.24) is 4.90 Å². The molecule has 1 heterocycles. The van der Waals surface area contributed by atoms with Gasteiger partial charge in [0.1, 0.15) is 5.75 Å². The molecule has 0 spiro atoms. The highest BCUT2D eigenvalue weighted by Gasteiger charge is 2.26. The highest BCUT2D eigenvalue weighted by Crippen LogP contribution is 2.31. The Hall–Kier alpha value is -1.59. The molecule has 1 aliphatic rings. The lowest BCUT2D eigenvalue weighted by Crippen LogP contribution is -3.10. The number of ether oxygens (including phenoxy) is 1. The summed E-state index contributed by atoms with van der Waals surface area (Å²) >= 11 is 3.52. The van der Waals surface area contributed by atoms with E-state index >= 15 is 0 Å². The third-order valence-corrected chi connectivity index (χ3v) is 5.84. The number of benzene rings is 2. The van der Waals surface area contributed by atoms with Gasteiger partial charge in [-0.15, -0.1) is 0 Å². The third-order valence-electron chi connectivity index (χ3n) is 5.35. The molecule has 0 bridgehead atoms. The maximum atomic E-state index is 12.9. The van der Waals surface area contributed by atoms with Crippen LogP contribution in [0.3, 0.4) is 0 Å². The van der Waals surface area contributed by atoms with E-state index in [0.29, 0.717) is 12.5 Å². The Morgan fingerprint density at radius 2 is 2.00 bits per heavy atom. The molecule has 5 heteroatoms. The molecular weight excluding hydrogens is 380 g/mol. The van der Waals surface area contributed by atoms with Crippen LogP contribution in [0.5, 0.6) is 5.75 Å². The summed E-state index contributed by atoms with van der Waals surface area (Å²) in [5, 5.41) is 2.20. The van der Waals surface area contributed by atoms with Gasteiger partial charge in [0, 0.05) is 36.0 Å². The number of piperidine rings is 1. The first-order chi connectivity index (χ1) is 12.0. The highest BCUT2D eigenvalue weighted by molar-refractivity contribution is 9.10. The summed E-state index contributed by atoms with van der Waals surface area (Å²) in [6.45, 7) is 2.27. The van der Waals surface area contributed by atoms with Crippen LogP contribution in [0.1, 0.15) is 18.4 Å². The highest BCUT2D eigenvalue weighted by atomic mass is 79.9. The van der Waals surface area contributed by atoms with Crippen molar-refractivity contribution in [3.63, 3.8) is 0 Å². The van der Waals surface area contributed by atoms with Gasteiger partial charge in [-0.05, 0) is 29.0 Å². The van der Waals surface area contributed by atoms with Crippen LogP contribution in [0.2, 0.25) is 0 Å². The average molecular weight is 406 g/mol. The van der Waals surface area contributed by atoms with E-state index in [1.807, 2.05) is 30.1 Å². The number of nitrogens with zero attached hydrogens (tertiary/aromatic N) is 1. The van der Waals surface area contributed by atoms with Crippen molar-refractivity contribution in [2.24, 2.45) is 0 Å². The second kappa shape index (κ2) is 7.75. The number of nitrogens with one attached hydrogen (secondary N) is 1. The number of halogens is 1. The maximum absolute atomic E-state index is 12.9. The first kappa shape index (κ1) is 18.2. The molecule has 1 amide bonds. The number of carbonyl (C=O) groups excluding carboxylic acids is 1. The summed E-state index contributed by atoms with van der Waals surface area (Å²) in [6, 6.07) is 10.5. The number of rotatable bonds is 4. The van der Waals surface area contributed by atoms with Gasteiger partial charge in [-0.2, -0.15) is 0 Å². The molecule has 134 valence electrons. The second-order valence-electron chi connectivity index (χ2n) is 6.98. The van der Waals surface area contributed by atoms with Gasteiger partial charge in [0.2, 0.25) is 5.91 Å². The summed E-state index contributed by atoms with van der Waals surface area (Å²) in [5.74, 6) is 0.947. The zero-order valence-electron chi connectivity index (χ0n) is 15.1. The number of hydrogen-bond donors (Lipinski definition) is 1. The minimum Gasteiger partial charge on any atom is -0.496 e. The smallest absolute Gasteiger partial charge is 0.227 e. The van der Waals surface area contributed by atoms with Gasteiger partial charge in [-0.25, -0.2) is 0 Å². The van der Waals surface area contributed by atoms with E-state index in [9.17, 15) is 4.79 Å². The molecule has 1 aliphatic heterocycles. The van der Waals surface area contributed by atoms with Gasteiger partial charge in [0.15, 0.2) is 0 Å². The zero-order chi connectivity index (χ0) is 18.0. The SMILES string of the molecule is COc1ccc2cc(Br)ccc2c1CC(=O)N(C)C1CC[NH+](C)CC1. The summed E-state index contributed by atoms with van der Waals surface area (Å²) in [7, 11) is 5.83. The second-order valence-corrected chi connectivity index (χ2v) is 7.90. The summed E-state index contributed by atoms with van der Waals surface area (Å²) in [5.41, 5.74) is 0.975. The van der Waals surface area contributed by atoms with E-state index in [4.69, 9.17) is 4.74 Å². The number of likely N-dealkylation sites (tertiary alicyclic amines) is 1. The number of hydrogen-bond acceptors (Lipinski definition) is 2. The molecule has 2 aromatic rings. The van der Waals surface area contributed by atoms with Gasteiger partial charge < -0.3 is 14.5 Å². The first-order valence-electron chi connectivity index (χ1n) is 8.81. The summed E-state index contributed by atoms with van der Waals surface area (Å²) in [6.07, 6.45) is 2.53. The number of quaternary nitrogens is 1. The summed E-state index contributed by atoms with van der Waals surface area (Å²) < 4.78 is 6.57. The fraction of sp³-hybridized carbons (Fsp3) is 0.450. The van der Waals surface area contributed by atoms with Gasteiger partial charge in [0.05, 0.1) is 33.7 Å². The Labute approximate surface area is 157 Å². The fourth-order valence-corrected chi connectivity index (χ4v) is 4.06. The van der Waals surface area contributed by atoms with Crippen molar-refractivity contribution in [2.45, 2.75) is 25.3 Å². The Kier molecular flexibility index (Phi) is 5.64. The lowest BCUT2D eigenvalue weighted by atomic mass is 9.99. The Morgan fingerprint density at radius 3 is 2.68 bits per heavy atom. The van der Waals surface area contributed by atoms with Crippen LogP contribution < -0.4 is 9.64 Å². The minimum absolute atomic E-state index is 0.165. The largest absolute Gasteiger partial charge is 0.496 e. The predicted octanol–water partition coefficient (Wildman–Crippen LogP) is 2.29. The van der Waals surface area contributed by atoms with Crippen LogP contribution in [-0.2, 0) is 11.2 Å². The first-order valence-corrected chi connectivity index (χ1v) is 9.61. The minimum atomic E-state index is 0.165. The molecule has 4 nitrogen and oxygen atoms in total. The molecule has 1 fully saturated rings. The van der Waals surface area contributed by atoms with Crippen LogP contribution in [0.15, 0.2) is 34.8 Å². The van der Waals surface area contributed by atoms with Gasteiger partial charge in [-0.3, -0.25) is 4.79 Å². The number of likely N-dealkylation sites (N-methyl/N-ethyl adjacent to an activating group) is 1. The van der Waals surface area contributed by atoms with Crippen LogP contribution in [0.25, 0.3) is 10.8 Å². The van der Waals surface area contributed by atoms with Crippen molar-refractivity contribution in [3.05, 3.63) is 40.4 Å². The molecule has 1 N–H and O–H groups in total. The molecule has 1 saturated heterocycles. The van der Waals surface area contributed by atoms with Crippen molar-refractivity contribution >= 4 is 32.6 Å². The summed E-state index contributed by atoms with van der Waals surface area (Å²) in [4.78, 5) is 16.4. The van der Waals surface area contributed by atoms with Crippen LogP contribution in [-0.4, -0.2) is 51.1 Å². The molecule has 0 radical (unpaired) electrons. The van der Waals surface area contributed by atoms with Crippen LogP contribution in [0, 0.1) is 0 Å². The van der Waals surface area contributed by atoms with Crippen molar-refractivity contribution < 1.29 is 14.4 Å². The molecule has 0 aliphatic carbocycles. The molecule has 0 unspecified atom stereocenters. The Bertz CT molecular complexity index is 770. The molecule has 25 heavy (non-hydrogen) atoms. The van der Waals surface area contributed by atoms with Crippen molar-refractivity contribution in [3.8, 4) is 5.75 Å². The fourth-order valence-electron chi connectivity index (χ4n) is 3.68. The van der Waals surface area contributed by atoms with Gasteiger partial charge in [0.25, 0.3) is 0 Å². The van der Waals surface area contributed by atoms with Crippen LogP contribution >= 0.6 is 15.9 Å². The van der Waals surface area contributed by atoms with E-state index < -0.39 is 0 Å². The monoisotopic (exact) mass is 405 g/mol. The van der Waals surface area contributed by atoms with Gasteiger partial charge >= 0.3 is 0 Å². The number of methoxy groups -OCH3 is 1. The van der Waals surface area contributed by atoms with Crippen LogP contribution in [0.4, 0.5) is 0 Å². The van der Waals surface area contributed by atoms with Crippen molar-refractivity contribution in [2.75, 3.05) is 34.3 Å². The van der Waals surface area contributed by atoms with E-state index in [2.05, 4.69) is 35.1 Å². The Morgan fingerprint density at radius 1 is 1.28 bits per heavy atom. The molecule has 2 aromatic carbocycles. The lowest BCUT2D eigenvalue weighted by Gasteiger charge is -2.33. The maximum Gasteiger partial charge on any atom is 0.227 e. The molecular formula is C20H26BrN2O2+. The average Bonchev–Trinajstić information content (AvgIpc) is 2.61. The number of amides is 1. The normalized spacial score (nSPS) is 20.5.